The number of aromatic nitrogens is 2. The molecule has 2 heterocycles. The summed E-state index contributed by atoms with van der Waals surface area (Å²) in [5, 5.41) is 14.4. The standard InChI is InChI=1S/C16H16F3N5O3/c1-21-6-8-22(9-7-21)15(25)13-10-20-23(14(13)16(17,18)19)11-2-4-12(5-3-11)24(26)27/h2-5,10H,6-9H2,1H3. The topological polar surface area (TPSA) is 84.5 Å². The maximum atomic E-state index is 13.7. The van der Waals surface area contributed by atoms with E-state index < -0.39 is 28.3 Å². The van der Waals surface area contributed by atoms with Crippen molar-refractivity contribution in [2.24, 2.45) is 0 Å². The molecule has 8 nitrogen and oxygen atoms in total. The van der Waals surface area contributed by atoms with Crippen LogP contribution in [0.1, 0.15) is 16.1 Å². The summed E-state index contributed by atoms with van der Waals surface area (Å²) in [4.78, 5) is 26.0. The average molecular weight is 383 g/mol. The third-order valence-corrected chi connectivity index (χ3v) is 4.36. The predicted molar refractivity (Wildman–Crippen MR) is 88.6 cm³/mol. The number of hydrogen-bond acceptors (Lipinski definition) is 5. The summed E-state index contributed by atoms with van der Waals surface area (Å²) < 4.78 is 41.6. The molecule has 0 bridgehead atoms. The van der Waals surface area contributed by atoms with Crippen LogP contribution in [0.5, 0.6) is 0 Å². The van der Waals surface area contributed by atoms with E-state index in [1.54, 1.807) is 0 Å². The van der Waals surface area contributed by atoms with Gasteiger partial charge in [0.25, 0.3) is 11.6 Å². The molecule has 3 rings (SSSR count). The molecule has 1 aliphatic rings. The molecule has 2 aromatic rings. The lowest BCUT2D eigenvalue weighted by atomic mass is 10.2. The number of nitro benzene ring substituents is 1. The molecule has 0 saturated carbocycles. The summed E-state index contributed by atoms with van der Waals surface area (Å²) in [7, 11) is 1.87. The normalized spacial score (nSPS) is 15.8. The van der Waals surface area contributed by atoms with E-state index in [0.29, 0.717) is 30.9 Å². The molecule has 1 aliphatic heterocycles. The van der Waals surface area contributed by atoms with E-state index in [9.17, 15) is 28.1 Å². The highest BCUT2D eigenvalue weighted by molar-refractivity contribution is 5.95. The number of hydrogen-bond donors (Lipinski definition) is 0. The van der Waals surface area contributed by atoms with Gasteiger partial charge in [0.15, 0.2) is 5.69 Å². The van der Waals surface area contributed by atoms with Crippen LogP contribution in [0.15, 0.2) is 30.5 Å². The summed E-state index contributed by atoms with van der Waals surface area (Å²) in [6, 6.07) is 4.48. The molecule has 11 heteroatoms. The van der Waals surface area contributed by atoms with Crippen molar-refractivity contribution in [1.82, 2.24) is 19.6 Å². The van der Waals surface area contributed by atoms with Crippen LogP contribution in [0.2, 0.25) is 0 Å². The van der Waals surface area contributed by atoms with Crippen LogP contribution >= 0.6 is 0 Å². The van der Waals surface area contributed by atoms with Gasteiger partial charge in [0.05, 0.1) is 22.4 Å². The lowest BCUT2D eigenvalue weighted by molar-refractivity contribution is -0.384. The number of alkyl halides is 3. The number of piperazine rings is 1. The molecule has 0 spiro atoms. The van der Waals surface area contributed by atoms with Gasteiger partial charge in [-0.25, -0.2) is 4.68 Å². The van der Waals surface area contributed by atoms with Gasteiger partial charge in [0.2, 0.25) is 0 Å². The minimum Gasteiger partial charge on any atom is -0.336 e. The van der Waals surface area contributed by atoms with Crippen molar-refractivity contribution < 1.29 is 22.9 Å². The van der Waals surface area contributed by atoms with E-state index >= 15 is 0 Å². The maximum Gasteiger partial charge on any atom is 0.434 e. The zero-order chi connectivity index (χ0) is 19.8. The molecule has 1 saturated heterocycles. The van der Waals surface area contributed by atoms with Gasteiger partial charge in [-0.05, 0) is 19.2 Å². The number of likely N-dealkylation sites (N-methyl/N-ethyl adjacent to an activating group) is 1. The Balaban J connectivity index is 1.99. The minimum atomic E-state index is -4.82. The summed E-state index contributed by atoms with van der Waals surface area (Å²) in [6.07, 6.45) is -3.93. The molecule has 0 aliphatic carbocycles. The van der Waals surface area contributed by atoms with Crippen LogP contribution < -0.4 is 0 Å². The van der Waals surface area contributed by atoms with E-state index in [4.69, 9.17) is 0 Å². The summed E-state index contributed by atoms with van der Waals surface area (Å²) >= 11 is 0. The van der Waals surface area contributed by atoms with Gasteiger partial charge in [-0.15, -0.1) is 0 Å². The first-order valence-electron chi connectivity index (χ1n) is 8.06. The van der Waals surface area contributed by atoms with Crippen LogP contribution in [0, 0.1) is 10.1 Å². The zero-order valence-corrected chi connectivity index (χ0v) is 14.3. The highest BCUT2D eigenvalue weighted by Crippen LogP contribution is 2.34. The average Bonchev–Trinajstić information content (AvgIpc) is 3.07. The van der Waals surface area contributed by atoms with Gasteiger partial charge in [0, 0.05) is 38.3 Å². The Morgan fingerprint density at radius 3 is 2.26 bits per heavy atom. The van der Waals surface area contributed by atoms with Crippen molar-refractivity contribution in [3.05, 3.63) is 51.8 Å². The van der Waals surface area contributed by atoms with Crippen molar-refractivity contribution in [3.8, 4) is 5.69 Å². The van der Waals surface area contributed by atoms with Gasteiger partial charge >= 0.3 is 6.18 Å². The van der Waals surface area contributed by atoms with Crippen LogP contribution in [0.25, 0.3) is 5.69 Å². The Morgan fingerprint density at radius 1 is 1.15 bits per heavy atom. The molecule has 0 radical (unpaired) electrons. The number of carbonyl (C=O) groups excluding carboxylic acids is 1. The number of carbonyl (C=O) groups is 1. The molecule has 144 valence electrons. The highest BCUT2D eigenvalue weighted by atomic mass is 19.4. The largest absolute Gasteiger partial charge is 0.434 e. The monoisotopic (exact) mass is 383 g/mol. The van der Waals surface area contributed by atoms with Gasteiger partial charge in [-0.1, -0.05) is 0 Å². The number of nitro groups is 1. The number of amides is 1. The first-order chi connectivity index (χ1) is 12.7. The van der Waals surface area contributed by atoms with Crippen LogP contribution in [-0.2, 0) is 6.18 Å². The van der Waals surface area contributed by atoms with E-state index in [0.717, 1.165) is 30.5 Å². The number of benzene rings is 1. The number of nitrogens with zero attached hydrogens (tertiary/aromatic N) is 5. The van der Waals surface area contributed by atoms with E-state index in [1.165, 1.54) is 4.90 Å². The Morgan fingerprint density at radius 2 is 1.74 bits per heavy atom. The molecule has 0 atom stereocenters. The first-order valence-corrected chi connectivity index (χ1v) is 8.06. The molecule has 1 aromatic carbocycles. The quantitative estimate of drug-likeness (QED) is 0.599. The van der Waals surface area contributed by atoms with Crippen molar-refractivity contribution in [2.45, 2.75) is 6.18 Å². The Hall–Kier alpha value is -2.95. The highest BCUT2D eigenvalue weighted by Gasteiger charge is 2.41. The van der Waals surface area contributed by atoms with Crippen LogP contribution in [-0.4, -0.2) is 63.6 Å². The van der Waals surface area contributed by atoms with E-state index in [1.807, 2.05) is 11.9 Å². The number of halogens is 3. The van der Waals surface area contributed by atoms with Gasteiger partial charge < -0.3 is 9.80 Å². The van der Waals surface area contributed by atoms with Crippen molar-refractivity contribution in [3.63, 3.8) is 0 Å². The van der Waals surface area contributed by atoms with Crippen molar-refractivity contribution in [1.29, 1.82) is 0 Å². The van der Waals surface area contributed by atoms with Crippen molar-refractivity contribution in [2.75, 3.05) is 33.2 Å². The molecule has 1 aromatic heterocycles. The molecule has 0 N–H and O–H groups in total. The smallest absolute Gasteiger partial charge is 0.336 e. The predicted octanol–water partition coefficient (Wildman–Crippen LogP) is 2.19. The Bertz CT molecular complexity index is 855. The fraction of sp³-hybridized carbons (Fsp3) is 0.375. The lowest BCUT2D eigenvalue weighted by Crippen LogP contribution is -2.47. The maximum absolute atomic E-state index is 13.7. The third-order valence-electron chi connectivity index (χ3n) is 4.36. The van der Waals surface area contributed by atoms with E-state index in [-0.39, 0.29) is 11.4 Å². The van der Waals surface area contributed by atoms with Crippen molar-refractivity contribution >= 4 is 11.6 Å². The molecular weight excluding hydrogens is 367 g/mol. The summed E-state index contributed by atoms with van der Waals surface area (Å²) in [6.45, 7) is 1.80. The Kier molecular flexibility index (Phi) is 4.87. The first kappa shape index (κ1) is 18.8. The Labute approximate surface area is 151 Å². The second-order valence-corrected chi connectivity index (χ2v) is 6.19. The second-order valence-electron chi connectivity index (χ2n) is 6.19. The minimum absolute atomic E-state index is 0.0228. The van der Waals surface area contributed by atoms with Gasteiger partial charge in [0.1, 0.15) is 0 Å². The van der Waals surface area contributed by atoms with Crippen LogP contribution in [0.4, 0.5) is 18.9 Å². The summed E-state index contributed by atoms with van der Waals surface area (Å²) in [5.41, 5.74) is -2.01. The molecule has 1 amide bonds. The molecule has 27 heavy (non-hydrogen) atoms. The fourth-order valence-electron chi connectivity index (χ4n) is 2.87. The SMILES string of the molecule is CN1CCN(C(=O)c2cnn(-c3ccc([N+](=O)[O-])cc3)c2C(F)(F)F)CC1. The third kappa shape index (κ3) is 3.77. The second kappa shape index (κ2) is 6.99. The number of rotatable bonds is 3. The number of non-ortho nitro benzene ring substituents is 1. The summed E-state index contributed by atoms with van der Waals surface area (Å²) in [5.74, 6) is -0.733. The van der Waals surface area contributed by atoms with Gasteiger partial charge in [-0.2, -0.15) is 18.3 Å². The molecular formula is C16H16F3N5O3. The van der Waals surface area contributed by atoms with Crippen LogP contribution in [0.3, 0.4) is 0 Å². The van der Waals surface area contributed by atoms with E-state index in [2.05, 4.69) is 5.10 Å². The lowest BCUT2D eigenvalue weighted by Gasteiger charge is -2.32. The zero-order valence-electron chi connectivity index (χ0n) is 14.3. The van der Waals surface area contributed by atoms with Gasteiger partial charge in [-0.3, -0.25) is 14.9 Å². The molecule has 0 unspecified atom stereocenters. The molecule has 1 fully saturated rings. The fourth-order valence-corrected chi connectivity index (χ4v) is 2.87.